The maximum atomic E-state index is 13.8. The maximum absolute atomic E-state index is 13.8. The second kappa shape index (κ2) is 8.85. The van der Waals surface area contributed by atoms with Gasteiger partial charge in [-0.3, -0.25) is 9.36 Å². The predicted octanol–water partition coefficient (Wildman–Crippen LogP) is 4.47. The summed E-state index contributed by atoms with van der Waals surface area (Å²) in [5, 5.41) is 9.10. The molecule has 0 aliphatic carbocycles. The van der Waals surface area contributed by atoms with Gasteiger partial charge in [-0.1, -0.05) is 29.4 Å². The average molecular weight is 453 g/mol. The summed E-state index contributed by atoms with van der Waals surface area (Å²) in [7, 11) is 0. The van der Waals surface area contributed by atoms with Crippen molar-refractivity contribution in [1.29, 1.82) is 0 Å². The molecule has 3 rings (SSSR count). The summed E-state index contributed by atoms with van der Waals surface area (Å²) in [4.78, 5) is 28.5. The van der Waals surface area contributed by atoms with E-state index in [2.05, 4.69) is 4.98 Å². The first-order valence-corrected chi connectivity index (χ1v) is 10.1. The summed E-state index contributed by atoms with van der Waals surface area (Å²) in [6.07, 6.45) is 1.67. The van der Waals surface area contributed by atoms with E-state index >= 15 is 0 Å². The predicted molar refractivity (Wildman–Crippen MR) is 109 cm³/mol. The third-order valence-electron chi connectivity index (χ3n) is 4.23. The van der Waals surface area contributed by atoms with E-state index in [-0.39, 0.29) is 33.8 Å². The molecule has 30 heavy (non-hydrogen) atoms. The van der Waals surface area contributed by atoms with Crippen LogP contribution in [0.2, 0.25) is 5.02 Å². The van der Waals surface area contributed by atoms with Gasteiger partial charge in [0.05, 0.1) is 11.3 Å². The van der Waals surface area contributed by atoms with E-state index in [0.717, 1.165) is 23.9 Å². The Bertz CT molecular complexity index is 1200. The van der Waals surface area contributed by atoms with Gasteiger partial charge in [0, 0.05) is 11.6 Å². The fourth-order valence-corrected chi connectivity index (χ4v) is 3.39. The fraction of sp³-hybridized carbons (Fsp3) is 0.150. The summed E-state index contributed by atoms with van der Waals surface area (Å²) in [6, 6.07) is 7.37. The number of benzene rings is 2. The molecule has 0 unspecified atom stereocenters. The molecule has 0 atom stereocenters. The zero-order chi connectivity index (χ0) is 22.0. The van der Waals surface area contributed by atoms with Crippen LogP contribution in [0.3, 0.4) is 0 Å². The van der Waals surface area contributed by atoms with Gasteiger partial charge in [0.1, 0.15) is 18.2 Å². The highest BCUT2D eigenvalue weighted by Crippen LogP contribution is 2.27. The smallest absolute Gasteiger partial charge is 0.335 e. The van der Waals surface area contributed by atoms with Gasteiger partial charge < -0.3 is 9.84 Å². The monoisotopic (exact) mass is 452 g/mol. The Morgan fingerprint density at radius 2 is 2.00 bits per heavy atom. The Labute approximate surface area is 179 Å². The first kappa shape index (κ1) is 21.8. The first-order chi connectivity index (χ1) is 14.2. The minimum Gasteiger partial charge on any atom is -0.478 e. The second-order valence-corrected chi connectivity index (χ2v) is 7.34. The van der Waals surface area contributed by atoms with Crippen LogP contribution in [0.5, 0.6) is 5.88 Å². The number of thioether (sulfide) groups is 1. The molecule has 2 aromatic carbocycles. The Morgan fingerprint density at radius 1 is 1.27 bits per heavy atom. The molecule has 1 aromatic heterocycles. The molecule has 0 amide bonds. The molecular weight excluding hydrogens is 438 g/mol. The Hall–Kier alpha value is -2.91. The molecule has 0 saturated carbocycles. The normalized spacial score (nSPS) is 10.8. The quantitative estimate of drug-likeness (QED) is 0.439. The molecule has 0 fully saturated rings. The van der Waals surface area contributed by atoms with Crippen LogP contribution >= 0.6 is 23.4 Å². The van der Waals surface area contributed by atoms with Crippen LogP contribution in [0.4, 0.5) is 8.78 Å². The van der Waals surface area contributed by atoms with Crippen molar-refractivity contribution in [3.63, 3.8) is 0 Å². The van der Waals surface area contributed by atoms with Crippen molar-refractivity contribution in [2.45, 2.75) is 18.7 Å². The molecule has 6 nitrogen and oxygen atoms in total. The molecule has 0 radical (unpaired) electrons. The van der Waals surface area contributed by atoms with Crippen molar-refractivity contribution in [1.82, 2.24) is 9.55 Å². The van der Waals surface area contributed by atoms with E-state index in [1.54, 1.807) is 19.2 Å². The molecule has 10 heteroatoms. The minimum atomic E-state index is -1.14. The lowest BCUT2D eigenvalue weighted by molar-refractivity contribution is 0.0697. The van der Waals surface area contributed by atoms with Crippen molar-refractivity contribution in [3.05, 3.63) is 80.1 Å². The van der Waals surface area contributed by atoms with Crippen LogP contribution in [-0.2, 0) is 6.61 Å². The standard InChI is InChI=1S/C20H15ClF2N2O4S/c1-10-3-4-11(19(27)28)7-15(10)25-18(26)16(21)17(24-20(25)30-2)29-9-12-5-6-13(22)8-14(12)23/h3-8H,9H2,1-2H3,(H,27,28). The number of carboxylic acid groups (broad SMARTS) is 1. The second-order valence-electron chi connectivity index (χ2n) is 6.19. The molecular formula is C20H15ClF2N2O4S. The van der Waals surface area contributed by atoms with Crippen LogP contribution in [0.25, 0.3) is 5.69 Å². The summed E-state index contributed by atoms with van der Waals surface area (Å²) in [6.45, 7) is 1.40. The van der Waals surface area contributed by atoms with Gasteiger partial charge >= 0.3 is 5.97 Å². The van der Waals surface area contributed by atoms with Crippen molar-refractivity contribution in [2.75, 3.05) is 6.26 Å². The molecule has 3 aromatic rings. The zero-order valence-corrected chi connectivity index (χ0v) is 17.4. The maximum Gasteiger partial charge on any atom is 0.335 e. The van der Waals surface area contributed by atoms with Gasteiger partial charge in [-0.15, -0.1) is 0 Å². The SMILES string of the molecule is CSc1nc(OCc2ccc(F)cc2F)c(Cl)c(=O)n1-c1cc(C(=O)O)ccc1C. The summed E-state index contributed by atoms with van der Waals surface area (Å²) < 4.78 is 33.5. The molecule has 0 aliphatic rings. The highest BCUT2D eigenvalue weighted by atomic mass is 35.5. The van der Waals surface area contributed by atoms with Gasteiger partial charge in [0.25, 0.3) is 5.56 Å². The van der Waals surface area contributed by atoms with Crippen molar-refractivity contribution in [3.8, 4) is 11.6 Å². The number of carboxylic acids is 1. The number of aromatic nitrogens is 2. The largest absolute Gasteiger partial charge is 0.478 e. The lowest BCUT2D eigenvalue weighted by atomic mass is 10.1. The Morgan fingerprint density at radius 3 is 2.63 bits per heavy atom. The summed E-state index contributed by atoms with van der Waals surface area (Å²) >= 11 is 7.28. The minimum absolute atomic E-state index is 0.00205. The number of hydrogen-bond donors (Lipinski definition) is 1. The van der Waals surface area contributed by atoms with Crippen LogP contribution in [0.1, 0.15) is 21.5 Å². The first-order valence-electron chi connectivity index (χ1n) is 8.50. The lowest BCUT2D eigenvalue weighted by Gasteiger charge is -2.16. The van der Waals surface area contributed by atoms with Gasteiger partial charge in [0.15, 0.2) is 10.2 Å². The average Bonchev–Trinajstić information content (AvgIpc) is 2.70. The van der Waals surface area contributed by atoms with Gasteiger partial charge in [-0.05, 0) is 43.0 Å². The van der Waals surface area contributed by atoms with Gasteiger partial charge in [-0.2, -0.15) is 4.98 Å². The fourth-order valence-electron chi connectivity index (χ4n) is 2.68. The van der Waals surface area contributed by atoms with Gasteiger partial charge in [0.2, 0.25) is 5.88 Å². The van der Waals surface area contributed by atoms with E-state index < -0.39 is 23.2 Å². The summed E-state index contributed by atoms with van der Waals surface area (Å²) in [5.74, 6) is -2.88. The Balaban J connectivity index is 2.05. The number of nitrogens with zero attached hydrogens (tertiary/aromatic N) is 2. The third-order valence-corrected chi connectivity index (χ3v) is 5.19. The van der Waals surface area contributed by atoms with Crippen LogP contribution in [0, 0.1) is 18.6 Å². The molecule has 1 N–H and O–H groups in total. The van der Waals surface area contributed by atoms with E-state index in [1.165, 1.54) is 22.8 Å². The third kappa shape index (κ3) is 4.31. The number of carbonyl (C=O) groups is 1. The molecule has 0 bridgehead atoms. The van der Waals surface area contributed by atoms with E-state index in [4.69, 9.17) is 16.3 Å². The van der Waals surface area contributed by atoms with Crippen molar-refractivity contribution < 1.29 is 23.4 Å². The highest BCUT2D eigenvalue weighted by molar-refractivity contribution is 7.98. The highest BCUT2D eigenvalue weighted by Gasteiger charge is 2.20. The van der Waals surface area contributed by atoms with Crippen LogP contribution in [-0.4, -0.2) is 26.9 Å². The van der Waals surface area contributed by atoms with Crippen molar-refractivity contribution in [2.24, 2.45) is 0 Å². The molecule has 0 aliphatic heterocycles. The van der Waals surface area contributed by atoms with Crippen LogP contribution in [0.15, 0.2) is 46.3 Å². The topological polar surface area (TPSA) is 81.4 Å². The lowest BCUT2D eigenvalue weighted by Crippen LogP contribution is -2.24. The summed E-state index contributed by atoms with van der Waals surface area (Å²) in [5.41, 5.74) is 0.343. The van der Waals surface area contributed by atoms with E-state index in [9.17, 15) is 23.5 Å². The number of aryl methyl sites for hydroxylation is 1. The number of aromatic carboxylic acids is 1. The van der Waals surface area contributed by atoms with Crippen LogP contribution < -0.4 is 10.3 Å². The molecule has 1 heterocycles. The zero-order valence-electron chi connectivity index (χ0n) is 15.8. The van der Waals surface area contributed by atoms with Gasteiger partial charge in [-0.25, -0.2) is 13.6 Å². The number of hydrogen-bond acceptors (Lipinski definition) is 5. The molecule has 0 spiro atoms. The van der Waals surface area contributed by atoms with E-state index in [1.807, 2.05) is 0 Å². The number of halogens is 3. The molecule has 0 saturated heterocycles. The molecule has 156 valence electrons. The number of rotatable bonds is 6. The van der Waals surface area contributed by atoms with Crippen molar-refractivity contribution >= 4 is 29.3 Å². The van der Waals surface area contributed by atoms with E-state index in [0.29, 0.717) is 11.3 Å². The Kier molecular flexibility index (Phi) is 6.42. The number of ether oxygens (including phenoxy) is 1.